The average Bonchev–Trinajstić information content (AvgIpc) is 3.49. The summed E-state index contributed by atoms with van der Waals surface area (Å²) in [7, 11) is 0. The van der Waals surface area contributed by atoms with Crippen molar-refractivity contribution in [1.29, 1.82) is 0 Å². The van der Waals surface area contributed by atoms with Crippen molar-refractivity contribution < 1.29 is 19.1 Å². The SMILES string of the molecule is O=C(OC1C2CC(C1OC(=O)c1ccccc1)C1c3ccc(Cl)cc3CC21)c1ccccc1. The first kappa shape index (κ1) is 20.5. The van der Waals surface area contributed by atoms with E-state index in [0.29, 0.717) is 23.0 Å². The van der Waals surface area contributed by atoms with Crippen molar-refractivity contribution in [2.75, 3.05) is 0 Å². The molecule has 0 radical (unpaired) electrons. The van der Waals surface area contributed by atoms with Crippen LogP contribution in [-0.2, 0) is 15.9 Å². The Morgan fingerprint density at radius 2 is 1.30 bits per heavy atom. The average molecular weight is 459 g/mol. The van der Waals surface area contributed by atoms with Gasteiger partial charge in [0.2, 0.25) is 0 Å². The first-order chi connectivity index (χ1) is 16.1. The van der Waals surface area contributed by atoms with Crippen LogP contribution < -0.4 is 0 Å². The third-order valence-corrected chi connectivity index (χ3v) is 7.84. The van der Waals surface area contributed by atoms with E-state index in [4.69, 9.17) is 21.1 Å². The highest BCUT2D eigenvalue weighted by Gasteiger charge is 2.63. The lowest BCUT2D eigenvalue weighted by Crippen LogP contribution is -2.45. The van der Waals surface area contributed by atoms with E-state index in [2.05, 4.69) is 6.07 Å². The zero-order valence-electron chi connectivity index (χ0n) is 17.9. The molecule has 33 heavy (non-hydrogen) atoms. The van der Waals surface area contributed by atoms with Gasteiger partial charge in [0.1, 0.15) is 12.2 Å². The zero-order valence-corrected chi connectivity index (χ0v) is 18.7. The van der Waals surface area contributed by atoms with Crippen LogP contribution in [0, 0.1) is 17.8 Å². The zero-order chi connectivity index (χ0) is 22.5. The number of carbonyl (C=O) groups is 2. The third kappa shape index (κ3) is 3.44. The van der Waals surface area contributed by atoms with Gasteiger partial charge < -0.3 is 9.47 Å². The summed E-state index contributed by atoms with van der Waals surface area (Å²) in [6.07, 6.45) is 0.872. The van der Waals surface area contributed by atoms with Crippen molar-refractivity contribution in [2.24, 2.45) is 17.8 Å². The molecule has 3 aliphatic rings. The third-order valence-electron chi connectivity index (χ3n) is 7.61. The monoisotopic (exact) mass is 458 g/mol. The summed E-state index contributed by atoms with van der Waals surface area (Å²) in [6, 6.07) is 24.1. The normalized spacial score (nSPS) is 28.8. The number of hydrogen-bond acceptors (Lipinski definition) is 4. The van der Waals surface area contributed by atoms with Crippen molar-refractivity contribution in [2.45, 2.75) is 31.0 Å². The minimum Gasteiger partial charge on any atom is -0.455 e. The van der Waals surface area contributed by atoms with Gasteiger partial charge in [-0.2, -0.15) is 0 Å². The van der Waals surface area contributed by atoms with Crippen molar-refractivity contribution in [3.63, 3.8) is 0 Å². The maximum Gasteiger partial charge on any atom is 0.338 e. The van der Waals surface area contributed by atoms with E-state index in [0.717, 1.165) is 17.9 Å². The topological polar surface area (TPSA) is 52.6 Å². The van der Waals surface area contributed by atoms with E-state index in [9.17, 15) is 9.59 Å². The van der Waals surface area contributed by atoms with E-state index >= 15 is 0 Å². The van der Waals surface area contributed by atoms with Gasteiger partial charge in [-0.15, -0.1) is 0 Å². The van der Waals surface area contributed by atoms with E-state index in [1.54, 1.807) is 24.3 Å². The Bertz CT molecular complexity index is 1210. The molecule has 6 rings (SSSR count). The molecular weight excluding hydrogens is 436 g/mol. The Morgan fingerprint density at radius 1 is 0.727 bits per heavy atom. The van der Waals surface area contributed by atoms with Gasteiger partial charge in [-0.25, -0.2) is 9.59 Å². The van der Waals surface area contributed by atoms with Crippen LogP contribution in [0.2, 0.25) is 5.02 Å². The molecule has 6 atom stereocenters. The van der Waals surface area contributed by atoms with Crippen LogP contribution in [0.3, 0.4) is 0 Å². The molecule has 0 heterocycles. The van der Waals surface area contributed by atoms with Gasteiger partial charge >= 0.3 is 11.9 Å². The number of ether oxygens (including phenoxy) is 2. The van der Waals surface area contributed by atoms with E-state index in [1.165, 1.54) is 11.1 Å². The Kier molecular flexibility index (Phi) is 4.99. The number of rotatable bonds is 4. The Labute approximate surface area is 197 Å². The largest absolute Gasteiger partial charge is 0.455 e. The highest BCUT2D eigenvalue weighted by molar-refractivity contribution is 6.30. The first-order valence-electron chi connectivity index (χ1n) is 11.4. The molecule has 3 aliphatic carbocycles. The van der Waals surface area contributed by atoms with Gasteiger partial charge in [0.05, 0.1) is 11.1 Å². The van der Waals surface area contributed by atoms with Gasteiger partial charge in [-0.1, -0.05) is 54.1 Å². The smallest absolute Gasteiger partial charge is 0.338 e. The van der Waals surface area contributed by atoms with Crippen LogP contribution in [0.1, 0.15) is 44.2 Å². The predicted molar refractivity (Wildman–Crippen MR) is 124 cm³/mol. The van der Waals surface area contributed by atoms with Crippen LogP contribution in [0.4, 0.5) is 0 Å². The number of hydrogen-bond donors (Lipinski definition) is 0. The standard InChI is InChI=1S/C28H23ClO4/c29-19-11-12-20-18(13-19)14-21-22-15-23(24(20)21)26(33-28(31)17-9-5-2-6-10-17)25(22)32-27(30)16-7-3-1-4-8-16/h1-13,21-26H,14-15H2. The van der Waals surface area contributed by atoms with Gasteiger partial charge in [0, 0.05) is 16.9 Å². The molecular formula is C28H23ClO4. The van der Waals surface area contributed by atoms with Crippen LogP contribution in [0.15, 0.2) is 78.9 Å². The molecule has 3 aromatic carbocycles. The van der Waals surface area contributed by atoms with Crippen molar-refractivity contribution in [1.82, 2.24) is 0 Å². The van der Waals surface area contributed by atoms with Crippen LogP contribution in [0.25, 0.3) is 0 Å². The molecule has 4 nitrogen and oxygen atoms in total. The van der Waals surface area contributed by atoms with Crippen molar-refractivity contribution in [3.05, 3.63) is 106 Å². The van der Waals surface area contributed by atoms with Gasteiger partial charge in [-0.3, -0.25) is 0 Å². The van der Waals surface area contributed by atoms with Crippen LogP contribution in [0.5, 0.6) is 0 Å². The molecule has 2 saturated carbocycles. The number of halogens is 1. The molecule has 0 spiro atoms. The minimum absolute atomic E-state index is 0.115. The number of fused-ring (bicyclic) bond motifs is 7. The summed E-state index contributed by atoms with van der Waals surface area (Å²) >= 11 is 6.26. The van der Waals surface area contributed by atoms with Gasteiger partial charge in [0.25, 0.3) is 0 Å². The van der Waals surface area contributed by atoms with Crippen LogP contribution >= 0.6 is 11.6 Å². The number of benzene rings is 3. The lowest BCUT2D eigenvalue weighted by atomic mass is 9.76. The van der Waals surface area contributed by atoms with Gasteiger partial charge in [0.15, 0.2) is 0 Å². The number of esters is 2. The molecule has 0 saturated heterocycles. The second kappa shape index (κ2) is 8.03. The summed E-state index contributed by atoms with van der Waals surface area (Å²) in [5, 5.41) is 0.736. The molecule has 166 valence electrons. The lowest BCUT2D eigenvalue weighted by molar-refractivity contribution is -0.0698. The fourth-order valence-corrected chi connectivity index (χ4v) is 6.53. The second-order valence-electron chi connectivity index (χ2n) is 9.27. The highest BCUT2D eigenvalue weighted by Crippen LogP contribution is 2.63. The van der Waals surface area contributed by atoms with Gasteiger partial charge in [-0.05, 0) is 72.2 Å². The summed E-state index contributed by atoms with van der Waals surface area (Å²) in [5.74, 6) is 0.172. The maximum absolute atomic E-state index is 13.0. The second-order valence-corrected chi connectivity index (χ2v) is 9.71. The maximum atomic E-state index is 13.0. The lowest BCUT2D eigenvalue weighted by Gasteiger charge is -2.37. The fourth-order valence-electron chi connectivity index (χ4n) is 6.33. The fraction of sp³-hybridized carbons (Fsp3) is 0.286. The summed E-state index contributed by atoms with van der Waals surface area (Å²) in [4.78, 5) is 25.9. The molecule has 0 N–H and O–H groups in total. The summed E-state index contributed by atoms with van der Waals surface area (Å²) in [6.45, 7) is 0. The molecule has 6 unspecified atom stereocenters. The molecule has 0 aromatic heterocycles. The Balaban J connectivity index is 1.32. The molecule has 0 aliphatic heterocycles. The van der Waals surface area contributed by atoms with E-state index < -0.39 is 12.2 Å². The predicted octanol–water partition coefficient (Wildman–Crippen LogP) is 5.70. The minimum atomic E-state index is -0.474. The molecule has 3 aromatic rings. The Hall–Kier alpha value is -3.11. The van der Waals surface area contributed by atoms with Crippen molar-refractivity contribution >= 4 is 23.5 Å². The number of carbonyl (C=O) groups excluding carboxylic acids is 2. The molecule has 2 bridgehead atoms. The Morgan fingerprint density at radius 3 is 1.91 bits per heavy atom. The summed E-state index contributed by atoms with van der Waals surface area (Å²) < 4.78 is 12.2. The van der Waals surface area contributed by atoms with E-state index in [1.807, 2.05) is 48.5 Å². The highest BCUT2D eigenvalue weighted by atomic mass is 35.5. The van der Waals surface area contributed by atoms with Crippen LogP contribution in [-0.4, -0.2) is 24.1 Å². The quantitative estimate of drug-likeness (QED) is 0.471. The summed E-state index contributed by atoms with van der Waals surface area (Å²) in [5.41, 5.74) is 3.57. The van der Waals surface area contributed by atoms with Crippen molar-refractivity contribution in [3.8, 4) is 0 Å². The molecule has 5 heteroatoms. The molecule has 2 fully saturated rings. The molecule has 0 amide bonds. The first-order valence-corrected chi connectivity index (χ1v) is 11.8. The van der Waals surface area contributed by atoms with E-state index in [-0.39, 0.29) is 23.8 Å².